The van der Waals surface area contributed by atoms with Crippen molar-refractivity contribution in [1.29, 1.82) is 0 Å². The number of nitrogens with zero attached hydrogens (tertiary/aromatic N) is 1. The second-order valence-corrected chi connectivity index (χ2v) is 5.65. The Morgan fingerprint density at radius 3 is 3.10 bits per heavy atom. The molecule has 0 bridgehead atoms. The predicted octanol–water partition coefficient (Wildman–Crippen LogP) is 2.91. The molecule has 0 aliphatic carbocycles. The predicted molar refractivity (Wildman–Crippen MR) is 78.4 cm³/mol. The van der Waals surface area contributed by atoms with Crippen LogP contribution in [-0.4, -0.2) is 42.2 Å². The third-order valence-electron chi connectivity index (χ3n) is 3.54. The second kappa shape index (κ2) is 7.50. The number of piperidine rings is 1. The number of hydrogen-bond acceptors (Lipinski definition) is 3. The van der Waals surface area contributed by atoms with Gasteiger partial charge in [0.2, 0.25) is 0 Å². The molecule has 4 nitrogen and oxygen atoms in total. The van der Waals surface area contributed by atoms with Gasteiger partial charge in [-0.25, -0.2) is 0 Å². The minimum absolute atomic E-state index is 0.269. The molecule has 0 saturated carbocycles. The molecule has 1 unspecified atom stereocenters. The molecule has 2 rings (SSSR count). The van der Waals surface area contributed by atoms with Gasteiger partial charge in [0.15, 0.2) is 0 Å². The number of hydrogen-bond donors (Lipinski definition) is 1. The topological polar surface area (TPSA) is 49.8 Å². The van der Waals surface area contributed by atoms with E-state index < -0.39 is 5.97 Å². The summed E-state index contributed by atoms with van der Waals surface area (Å²) in [5, 5.41) is 9.52. The molecule has 0 aromatic heterocycles. The van der Waals surface area contributed by atoms with Crippen LogP contribution in [-0.2, 0) is 4.79 Å². The Morgan fingerprint density at radius 2 is 2.35 bits per heavy atom. The largest absolute Gasteiger partial charge is 0.492 e. The van der Waals surface area contributed by atoms with Crippen LogP contribution in [0.3, 0.4) is 0 Å². The smallest absolute Gasteiger partial charge is 0.303 e. The van der Waals surface area contributed by atoms with E-state index in [0.29, 0.717) is 11.6 Å². The van der Waals surface area contributed by atoms with Crippen LogP contribution in [0.2, 0.25) is 5.02 Å². The van der Waals surface area contributed by atoms with E-state index in [0.717, 1.165) is 38.2 Å². The van der Waals surface area contributed by atoms with Crippen LogP contribution in [0, 0.1) is 5.92 Å². The number of halogens is 1. The highest BCUT2D eigenvalue weighted by molar-refractivity contribution is 6.30. The van der Waals surface area contributed by atoms with E-state index >= 15 is 0 Å². The van der Waals surface area contributed by atoms with Gasteiger partial charge in [-0.15, -0.1) is 0 Å². The lowest BCUT2D eigenvalue weighted by Gasteiger charge is -2.31. The molecule has 1 heterocycles. The van der Waals surface area contributed by atoms with Gasteiger partial charge in [0.05, 0.1) is 0 Å². The van der Waals surface area contributed by atoms with Gasteiger partial charge in [0.25, 0.3) is 0 Å². The summed E-state index contributed by atoms with van der Waals surface area (Å²) in [5.41, 5.74) is 0. The summed E-state index contributed by atoms with van der Waals surface area (Å²) >= 11 is 5.89. The van der Waals surface area contributed by atoms with E-state index in [1.807, 2.05) is 18.2 Å². The van der Waals surface area contributed by atoms with Crippen molar-refractivity contribution in [1.82, 2.24) is 4.90 Å². The summed E-state index contributed by atoms with van der Waals surface area (Å²) in [5.74, 6) is 0.344. The molecule has 1 aliphatic heterocycles. The van der Waals surface area contributed by atoms with Crippen LogP contribution in [0.5, 0.6) is 5.75 Å². The van der Waals surface area contributed by atoms with Crippen molar-refractivity contribution in [3.63, 3.8) is 0 Å². The van der Waals surface area contributed by atoms with E-state index in [-0.39, 0.29) is 12.3 Å². The first-order chi connectivity index (χ1) is 9.63. The minimum Gasteiger partial charge on any atom is -0.492 e. The number of likely N-dealkylation sites (tertiary alicyclic amines) is 1. The van der Waals surface area contributed by atoms with E-state index in [1.54, 1.807) is 6.07 Å². The maximum absolute atomic E-state index is 10.7. The van der Waals surface area contributed by atoms with Crippen molar-refractivity contribution in [2.75, 3.05) is 26.2 Å². The van der Waals surface area contributed by atoms with E-state index in [2.05, 4.69) is 4.90 Å². The summed E-state index contributed by atoms with van der Waals surface area (Å²) in [6, 6.07) is 7.36. The van der Waals surface area contributed by atoms with Gasteiger partial charge in [-0.1, -0.05) is 17.7 Å². The summed E-state index contributed by atoms with van der Waals surface area (Å²) in [6.45, 7) is 3.29. The molecular weight excluding hydrogens is 278 g/mol. The first-order valence-corrected chi connectivity index (χ1v) is 7.34. The number of benzene rings is 1. The van der Waals surface area contributed by atoms with E-state index in [1.165, 1.54) is 0 Å². The van der Waals surface area contributed by atoms with Gasteiger partial charge < -0.3 is 9.84 Å². The van der Waals surface area contributed by atoms with Gasteiger partial charge in [-0.3, -0.25) is 9.69 Å². The molecule has 1 saturated heterocycles. The highest BCUT2D eigenvalue weighted by Crippen LogP contribution is 2.20. The lowest BCUT2D eigenvalue weighted by molar-refractivity contribution is -0.138. The van der Waals surface area contributed by atoms with Gasteiger partial charge >= 0.3 is 5.97 Å². The molecule has 1 aliphatic rings. The van der Waals surface area contributed by atoms with Crippen molar-refractivity contribution in [3.05, 3.63) is 29.3 Å². The molecule has 0 radical (unpaired) electrons. The average molecular weight is 298 g/mol. The number of carboxylic acid groups (broad SMARTS) is 1. The molecule has 1 aromatic rings. The molecule has 110 valence electrons. The molecular formula is C15H20ClNO3. The number of rotatable bonds is 6. The van der Waals surface area contributed by atoms with Crippen LogP contribution in [0.25, 0.3) is 0 Å². The fraction of sp³-hybridized carbons (Fsp3) is 0.533. The van der Waals surface area contributed by atoms with Gasteiger partial charge in [-0.2, -0.15) is 0 Å². The zero-order chi connectivity index (χ0) is 14.4. The van der Waals surface area contributed by atoms with Crippen molar-refractivity contribution < 1.29 is 14.6 Å². The highest BCUT2D eigenvalue weighted by Gasteiger charge is 2.21. The lowest BCUT2D eigenvalue weighted by atomic mass is 9.95. The summed E-state index contributed by atoms with van der Waals surface area (Å²) < 4.78 is 5.66. The van der Waals surface area contributed by atoms with E-state index in [9.17, 15) is 4.79 Å². The molecule has 0 amide bonds. The molecule has 1 N–H and O–H groups in total. The summed E-state index contributed by atoms with van der Waals surface area (Å²) in [6.07, 6.45) is 2.35. The van der Waals surface area contributed by atoms with Crippen molar-refractivity contribution in [3.8, 4) is 5.75 Å². The Morgan fingerprint density at radius 1 is 1.50 bits per heavy atom. The zero-order valence-corrected chi connectivity index (χ0v) is 12.2. The lowest BCUT2D eigenvalue weighted by Crippen LogP contribution is -2.38. The first-order valence-electron chi connectivity index (χ1n) is 6.96. The minimum atomic E-state index is -0.702. The Hall–Kier alpha value is -1.26. The van der Waals surface area contributed by atoms with Crippen LogP contribution >= 0.6 is 11.6 Å². The maximum atomic E-state index is 10.7. The standard InChI is InChI=1S/C15H20ClNO3/c16-13-4-1-5-14(10-13)20-8-7-17-6-2-3-12(11-17)9-15(18)19/h1,4-5,10,12H,2-3,6-9,11H2,(H,18,19). The highest BCUT2D eigenvalue weighted by atomic mass is 35.5. The second-order valence-electron chi connectivity index (χ2n) is 5.21. The van der Waals surface area contributed by atoms with Gasteiger partial charge in [0.1, 0.15) is 12.4 Å². The Labute approximate surface area is 124 Å². The molecule has 1 fully saturated rings. The van der Waals surface area contributed by atoms with Gasteiger partial charge in [0, 0.05) is 24.5 Å². The third-order valence-corrected chi connectivity index (χ3v) is 3.77. The van der Waals surface area contributed by atoms with Crippen LogP contribution in [0.1, 0.15) is 19.3 Å². The molecule has 0 spiro atoms. The molecule has 1 aromatic carbocycles. The Kier molecular flexibility index (Phi) is 5.68. The normalized spacial score (nSPS) is 19.8. The fourth-order valence-corrected chi connectivity index (χ4v) is 2.80. The third kappa shape index (κ3) is 5.02. The Balaban J connectivity index is 1.72. The number of ether oxygens (including phenoxy) is 1. The van der Waals surface area contributed by atoms with Crippen LogP contribution in [0.4, 0.5) is 0 Å². The number of carbonyl (C=O) groups is 1. The summed E-state index contributed by atoms with van der Waals surface area (Å²) in [7, 11) is 0. The summed E-state index contributed by atoms with van der Waals surface area (Å²) in [4.78, 5) is 13.0. The molecule has 1 atom stereocenters. The number of carboxylic acids is 1. The first kappa shape index (κ1) is 15.1. The fourth-order valence-electron chi connectivity index (χ4n) is 2.62. The quantitative estimate of drug-likeness (QED) is 0.877. The SMILES string of the molecule is O=C(O)CC1CCCN(CCOc2cccc(Cl)c2)C1. The van der Waals surface area contributed by atoms with Crippen molar-refractivity contribution >= 4 is 17.6 Å². The molecule has 5 heteroatoms. The average Bonchev–Trinajstić information content (AvgIpc) is 2.38. The van der Waals surface area contributed by atoms with Crippen molar-refractivity contribution in [2.24, 2.45) is 5.92 Å². The monoisotopic (exact) mass is 297 g/mol. The number of aliphatic carboxylic acids is 1. The molecule has 20 heavy (non-hydrogen) atoms. The van der Waals surface area contributed by atoms with E-state index in [4.69, 9.17) is 21.4 Å². The maximum Gasteiger partial charge on any atom is 0.303 e. The zero-order valence-electron chi connectivity index (χ0n) is 11.4. The van der Waals surface area contributed by atoms with Crippen molar-refractivity contribution in [2.45, 2.75) is 19.3 Å². The van der Waals surface area contributed by atoms with Crippen LogP contribution < -0.4 is 4.74 Å². The van der Waals surface area contributed by atoms with Gasteiger partial charge in [-0.05, 0) is 43.5 Å². The Bertz CT molecular complexity index is 452. The van der Waals surface area contributed by atoms with Crippen LogP contribution in [0.15, 0.2) is 24.3 Å².